The van der Waals surface area contributed by atoms with Crippen LogP contribution in [-0.2, 0) is 25.4 Å². The second kappa shape index (κ2) is 9.67. The molecule has 2 saturated heterocycles. The van der Waals surface area contributed by atoms with E-state index in [1.807, 2.05) is 72.8 Å². The topological polar surface area (TPSA) is 70.0 Å². The second-order valence-electron chi connectivity index (χ2n) is 7.89. The summed E-state index contributed by atoms with van der Waals surface area (Å²) in [7, 11) is 0. The standard InChI is InChI=1S/C25H24ClNO5/c26-18-11-12-19(27-14-18)13-20-22-23(32-24(29-20)16-7-3-1-4-8-16)21(15-28)30-25(31-22)17-9-5-2-6-10-17/h1-12,14,20-25,28H,13,15H2/t20-,21-,22+,23-,24?,25?/m1/s1. The zero-order chi connectivity index (χ0) is 21.9. The zero-order valence-corrected chi connectivity index (χ0v) is 18.0. The molecule has 0 saturated carbocycles. The molecular weight excluding hydrogens is 430 g/mol. The third-order valence-corrected chi connectivity index (χ3v) is 5.96. The summed E-state index contributed by atoms with van der Waals surface area (Å²) in [6.07, 6.45) is -0.993. The van der Waals surface area contributed by atoms with Crippen LogP contribution in [0.25, 0.3) is 0 Å². The molecule has 5 rings (SSSR count). The summed E-state index contributed by atoms with van der Waals surface area (Å²) in [5, 5.41) is 10.7. The van der Waals surface area contributed by atoms with Crippen molar-refractivity contribution in [2.45, 2.75) is 43.4 Å². The summed E-state index contributed by atoms with van der Waals surface area (Å²) >= 11 is 6.01. The summed E-state index contributed by atoms with van der Waals surface area (Å²) in [5.74, 6) is 0. The molecule has 0 radical (unpaired) electrons. The van der Waals surface area contributed by atoms with Gasteiger partial charge < -0.3 is 24.1 Å². The van der Waals surface area contributed by atoms with E-state index in [0.29, 0.717) is 11.4 Å². The highest BCUT2D eigenvalue weighted by atomic mass is 35.5. The molecule has 2 aliphatic rings. The molecule has 3 aromatic rings. The van der Waals surface area contributed by atoms with Crippen molar-refractivity contribution >= 4 is 11.6 Å². The van der Waals surface area contributed by atoms with E-state index in [-0.39, 0.29) is 12.7 Å². The number of benzene rings is 2. The molecule has 2 aliphatic heterocycles. The minimum Gasteiger partial charge on any atom is -0.394 e. The number of hydrogen-bond acceptors (Lipinski definition) is 6. The number of rotatable bonds is 5. The molecule has 0 aliphatic carbocycles. The number of hydrogen-bond donors (Lipinski definition) is 1. The van der Waals surface area contributed by atoms with Gasteiger partial charge >= 0.3 is 0 Å². The lowest BCUT2D eigenvalue weighted by molar-refractivity contribution is -0.384. The van der Waals surface area contributed by atoms with E-state index in [0.717, 1.165) is 16.8 Å². The first-order chi connectivity index (χ1) is 15.7. The van der Waals surface area contributed by atoms with Crippen LogP contribution in [0.4, 0.5) is 0 Å². The first-order valence-corrected chi connectivity index (χ1v) is 11.0. The fourth-order valence-corrected chi connectivity index (χ4v) is 4.27. The number of aliphatic hydroxyl groups is 1. The van der Waals surface area contributed by atoms with Crippen molar-refractivity contribution in [2.24, 2.45) is 0 Å². The van der Waals surface area contributed by atoms with E-state index in [2.05, 4.69) is 4.98 Å². The van der Waals surface area contributed by atoms with Gasteiger partial charge in [-0.3, -0.25) is 4.98 Å². The van der Waals surface area contributed by atoms with Crippen molar-refractivity contribution in [1.29, 1.82) is 0 Å². The van der Waals surface area contributed by atoms with Gasteiger partial charge in [-0.1, -0.05) is 72.3 Å². The maximum absolute atomic E-state index is 10.1. The average Bonchev–Trinajstić information content (AvgIpc) is 2.86. The minimum atomic E-state index is -0.629. The van der Waals surface area contributed by atoms with Gasteiger partial charge in [-0.05, 0) is 12.1 Å². The third kappa shape index (κ3) is 4.57. The number of halogens is 1. The normalized spacial score (nSPS) is 29.9. The smallest absolute Gasteiger partial charge is 0.184 e. The monoisotopic (exact) mass is 453 g/mol. The molecule has 6 nitrogen and oxygen atoms in total. The van der Waals surface area contributed by atoms with Crippen LogP contribution in [0.15, 0.2) is 79.0 Å². The summed E-state index contributed by atoms with van der Waals surface area (Å²) in [5.41, 5.74) is 2.60. The number of pyridine rings is 1. The van der Waals surface area contributed by atoms with E-state index in [9.17, 15) is 5.11 Å². The van der Waals surface area contributed by atoms with Gasteiger partial charge in [-0.15, -0.1) is 0 Å². The SMILES string of the molecule is OC[C@H]1OC(c2ccccc2)O[C@@H]2[C@@H]1OC(c1ccccc1)O[C@@H]2Cc1ccc(Cl)cn1. The molecule has 1 N–H and O–H groups in total. The lowest BCUT2D eigenvalue weighted by atomic mass is 9.95. The lowest BCUT2D eigenvalue weighted by Gasteiger charge is -2.49. The van der Waals surface area contributed by atoms with Gasteiger partial charge in [0.25, 0.3) is 0 Å². The van der Waals surface area contributed by atoms with Crippen LogP contribution in [0, 0.1) is 0 Å². The van der Waals surface area contributed by atoms with Gasteiger partial charge in [0.2, 0.25) is 0 Å². The quantitative estimate of drug-likeness (QED) is 0.623. The number of fused-ring (bicyclic) bond motifs is 1. The molecule has 3 heterocycles. The highest BCUT2D eigenvalue weighted by Crippen LogP contribution is 2.41. The highest BCUT2D eigenvalue weighted by Gasteiger charge is 2.50. The van der Waals surface area contributed by atoms with Gasteiger partial charge in [0.05, 0.1) is 17.7 Å². The van der Waals surface area contributed by atoms with Gasteiger partial charge in [0.15, 0.2) is 12.6 Å². The summed E-state index contributed by atoms with van der Waals surface area (Å²) in [6, 6.07) is 23.1. The summed E-state index contributed by atoms with van der Waals surface area (Å²) in [6.45, 7) is -0.193. The van der Waals surface area contributed by atoms with E-state index in [1.54, 1.807) is 6.20 Å². The average molecular weight is 454 g/mol. The maximum atomic E-state index is 10.1. The van der Waals surface area contributed by atoms with Crippen LogP contribution in [-0.4, -0.2) is 41.1 Å². The lowest BCUT2D eigenvalue weighted by Crippen LogP contribution is -2.59. The van der Waals surface area contributed by atoms with Crippen molar-refractivity contribution in [3.63, 3.8) is 0 Å². The van der Waals surface area contributed by atoms with Crippen molar-refractivity contribution in [2.75, 3.05) is 6.61 Å². The Balaban J connectivity index is 1.46. The Morgan fingerprint density at radius 3 is 1.81 bits per heavy atom. The second-order valence-corrected chi connectivity index (χ2v) is 8.33. The molecule has 6 atom stereocenters. The Morgan fingerprint density at radius 1 is 0.719 bits per heavy atom. The van der Waals surface area contributed by atoms with Crippen LogP contribution in [0.1, 0.15) is 29.4 Å². The number of ether oxygens (including phenoxy) is 4. The zero-order valence-electron chi connectivity index (χ0n) is 17.3. The first kappa shape index (κ1) is 21.5. The fraction of sp³-hybridized carbons (Fsp3) is 0.320. The molecule has 0 amide bonds. The molecule has 2 fully saturated rings. The van der Waals surface area contributed by atoms with Crippen LogP contribution in [0.2, 0.25) is 5.02 Å². The largest absolute Gasteiger partial charge is 0.394 e. The first-order valence-electron chi connectivity index (χ1n) is 10.6. The molecule has 2 unspecified atom stereocenters. The maximum Gasteiger partial charge on any atom is 0.184 e. The third-order valence-electron chi connectivity index (χ3n) is 5.74. The van der Waals surface area contributed by atoms with Gasteiger partial charge in [-0.2, -0.15) is 0 Å². The van der Waals surface area contributed by atoms with E-state index < -0.39 is 30.9 Å². The summed E-state index contributed by atoms with van der Waals surface area (Å²) in [4.78, 5) is 4.44. The van der Waals surface area contributed by atoms with Gasteiger partial charge in [0.1, 0.15) is 18.3 Å². The Labute approximate surface area is 191 Å². The van der Waals surface area contributed by atoms with Crippen molar-refractivity contribution in [3.8, 4) is 0 Å². The predicted octanol–water partition coefficient (Wildman–Crippen LogP) is 4.24. The van der Waals surface area contributed by atoms with Crippen LogP contribution in [0.5, 0.6) is 0 Å². The minimum absolute atomic E-state index is 0.193. The molecule has 166 valence electrons. The molecule has 7 heteroatoms. The molecule has 0 spiro atoms. The van der Waals surface area contributed by atoms with E-state index >= 15 is 0 Å². The Hall–Kier alpha value is -2.32. The van der Waals surface area contributed by atoms with E-state index in [4.69, 9.17) is 30.5 Å². The van der Waals surface area contributed by atoms with Crippen LogP contribution in [0.3, 0.4) is 0 Å². The van der Waals surface area contributed by atoms with Crippen LogP contribution < -0.4 is 0 Å². The number of aromatic nitrogens is 1. The molecule has 2 aromatic carbocycles. The Morgan fingerprint density at radius 2 is 1.28 bits per heavy atom. The fourth-order valence-electron chi connectivity index (χ4n) is 4.15. The van der Waals surface area contributed by atoms with Crippen molar-refractivity contribution in [3.05, 3.63) is 101 Å². The van der Waals surface area contributed by atoms with Gasteiger partial charge in [0, 0.05) is 29.4 Å². The Bertz CT molecular complexity index is 1000. The summed E-state index contributed by atoms with van der Waals surface area (Å²) < 4.78 is 25.1. The number of nitrogens with zero attached hydrogens (tertiary/aromatic N) is 1. The number of aliphatic hydroxyl groups excluding tert-OH is 1. The van der Waals surface area contributed by atoms with Crippen molar-refractivity contribution in [1.82, 2.24) is 4.98 Å². The molecular formula is C25H24ClNO5. The predicted molar refractivity (Wildman–Crippen MR) is 118 cm³/mol. The van der Waals surface area contributed by atoms with Crippen molar-refractivity contribution < 1.29 is 24.1 Å². The molecule has 0 bridgehead atoms. The van der Waals surface area contributed by atoms with Gasteiger partial charge in [-0.25, -0.2) is 0 Å². The highest BCUT2D eigenvalue weighted by molar-refractivity contribution is 6.30. The Kier molecular flexibility index (Phi) is 6.50. The van der Waals surface area contributed by atoms with E-state index in [1.165, 1.54) is 0 Å². The molecule has 32 heavy (non-hydrogen) atoms. The van der Waals surface area contributed by atoms with Crippen LogP contribution >= 0.6 is 11.6 Å². The molecule has 1 aromatic heterocycles.